The van der Waals surface area contributed by atoms with Gasteiger partial charge in [0.2, 0.25) is 5.91 Å². The Morgan fingerprint density at radius 1 is 1.14 bits per heavy atom. The predicted molar refractivity (Wildman–Crippen MR) is 106 cm³/mol. The lowest BCUT2D eigenvalue weighted by molar-refractivity contribution is -0.128. The second kappa shape index (κ2) is 7.05. The van der Waals surface area contributed by atoms with Crippen molar-refractivity contribution in [3.63, 3.8) is 0 Å². The number of benzene rings is 1. The van der Waals surface area contributed by atoms with Gasteiger partial charge >= 0.3 is 0 Å². The molecule has 2 saturated heterocycles. The smallest absolute Gasteiger partial charge is 0.253 e. The van der Waals surface area contributed by atoms with Crippen LogP contribution >= 0.6 is 0 Å². The van der Waals surface area contributed by atoms with Gasteiger partial charge in [-0.3, -0.25) is 9.59 Å². The summed E-state index contributed by atoms with van der Waals surface area (Å²) in [6.45, 7) is 6.86. The number of nitrogens with zero attached hydrogens (tertiary/aromatic N) is 3. The molecule has 1 spiro atoms. The molecule has 0 radical (unpaired) electrons. The maximum absolute atomic E-state index is 13.0. The van der Waals surface area contributed by atoms with E-state index in [-0.39, 0.29) is 17.2 Å². The number of rotatable bonds is 2. The fourth-order valence-corrected chi connectivity index (χ4v) is 3.92. The number of likely N-dealkylation sites (tertiary alicyclic amines) is 1. The predicted octanol–water partition coefficient (Wildman–Crippen LogP) is 1.59. The number of carbonyl (C=O) groups excluding carboxylic acids is 2. The monoisotopic (exact) mass is 381 g/mol. The van der Waals surface area contributed by atoms with Crippen LogP contribution in [0.3, 0.4) is 0 Å². The van der Waals surface area contributed by atoms with Crippen molar-refractivity contribution in [3.05, 3.63) is 48.3 Å². The van der Waals surface area contributed by atoms with Crippen molar-refractivity contribution in [3.8, 4) is 5.69 Å². The van der Waals surface area contributed by atoms with Crippen LogP contribution in [-0.4, -0.2) is 58.2 Å². The number of carbonyl (C=O) groups is 2. The van der Waals surface area contributed by atoms with Gasteiger partial charge < -0.3 is 15.5 Å². The molecule has 0 aliphatic carbocycles. The summed E-state index contributed by atoms with van der Waals surface area (Å²) >= 11 is 0. The number of hydrogen-bond acceptors (Lipinski definition) is 4. The van der Waals surface area contributed by atoms with Crippen molar-refractivity contribution >= 4 is 11.8 Å². The molecule has 7 nitrogen and oxygen atoms in total. The van der Waals surface area contributed by atoms with E-state index in [0.717, 1.165) is 12.2 Å². The third kappa shape index (κ3) is 3.54. The van der Waals surface area contributed by atoms with Gasteiger partial charge in [-0.05, 0) is 42.5 Å². The Bertz CT molecular complexity index is 867. The van der Waals surface area contributed by atoms with E-state index in [0.29, 0.717) is 38.0 Å². The topological polar surface area (TPSA) is 79.3 Å². The van der Waals surface area contributed by atoms with Crippen LogP contribution in [0.2, 0.25) is 0 Å². The van der Waals surface area contributed by atoms with E-state index in [4.69, 9.17) is 0 Å². The SMILES string of the molecule is CC1(C)CNC(=O)C2(CCN(C(=O)c3cccc(-n4cccn4)c3)CC2)NC1. The van der Waals surface area contributed by atoms with E-state index < -0.39 is 5.54 Å². The molecule has 0 unspecified atom stereocenters. The van der Waals surface area contributed by atoms with E-state index >= 15 is 0 Å². The molecule has 28 heavy (non-hydrogen) atoms. The number of nitrogens with one attached hydrogen (secondary N) is 2. The molecule has 148 valence electrons. The average Bonchev–Trinajstić information content (AvgIpc) is 3.22. The Morgan fingerprint density at radius 2 is 1.93 bits per heavy atom. The minimum Gasteiger partial charge on any atom is -0.354 e. The first-order valence-electron chi connectivity index (χ1n) is 9.81. The van der Waals surface area contributed by atoms with E-state index in [2.05, 4.69) is 29.6 Å². The zero-order valence-corrected chi connectivity index (χ0v) is 16.4. The summed E-state index contributed by atoms with van der Waals surface area (Å²) in [5.74, 6) is 0.0593. The molecule has 0 saturated carbocycles. The molecule has 2 amide bonds. The highest BCUT2D eigenvalue weighted by atomic mass is 16.2. The number of aromatic nitrogens is 2. The lowest BCUT2D eigenvalue weighted by Gasteiger charge is -2.40. The van der Waals surface area contributed by atoms with Crippen molar-refractivity contribution in [2.45, 2.75) is 32.2 Å². The second-order valence-corrected chi connectivity index (χ2v) is 8.58. The number of piperidine rings is 1. The third-order valence-electron chi connectivity index (χ3n) is 5.83. The van der Waals surface area contributed by atoms with E-state index in [1.54, 1.807) is 10.9 Å². The summed E-state index contributed by atoms with van der Waals surface area (Å²) in [6, 6.07) is 9.34. The van der Waals surface area contributed by atoms with Crippen molar-refractivity contribution in [2.75, 3.05) is 26.2 Å². The lowest BCUT2D eigenvalue weighted by atomic mass is 9.85. The van der Waals surface area contributed by atoms with Gasteiger partial charge in [-0.25, -0.2) is 4.68 Å². The van der Waals surface area contributed by atoms with Crippen molar-refractivity contribution in [1.29, 1.82) is 0 Å². The highest BCUT2D eigenvalue weighted by molar-refractivity contribution is 5.95. The number of hydrogen-bond donors (Lipinski definition) is 2. The Morgan fingerprint density at radius 3 is 2.64 bits per heavy atom. The van der Waals surface area contributed by atoms with Gasteiger partial charge in [0.15, 0.2) is 0 Å². The Labute approximate surface area is 165 Å². The van der Waals surface area contributed by atoms with Crippen LogP contribution in [-0.2, 0) is 4.79 Å². The van der Waals surface area contributed by atoms with Gasteiger partial charge in [0.1, 0.15) is 5.54 Å². The van der Waals surface area contributed by atoms with Crippen LogP contribution in [0, 0.1) is 5.41 Å². The first-order valence-corrected chi connectivity index (χ1v) is 9.81. The molecule has 1 aromatic carbocycles. The van der Waals surface area contributed by atoms with Crippen molar-refractivity contribution in [2.24, 2.45) is 5.41 Å². The molecule has 2 aromatic rings. The lowest BCUT2D eigenvalue weighted by Crippen LogP contribution is -2.61. The molecule has 4 rings (SSSR count). The molecule has 0 bridgehead atoms. The standard InChI is InChI=1S/C21H27N5O2/c1-20(2)14-22-19(28)21(23-15-20)7-11-25(12-8-21)18(27)16-5-3-6-17(13-16)26-10-4-9-24-26/h3-6,9-10,13,23H,7-8,11-12,14-15H2,1-2H3,(H,22,28). The summed E-state index contributed by atoms with van der Waals surface area (Å²) in [7, 11) is 0. The molecule has 3 heterocycles. The molecular formula is C21H27N5O2. The molecule has 2 aliphatic rings. The van der Waals surface area contributed by atoms with Crippen LogP contribution in [0.4, 0.5) is 0 Å². The zero-order valence-electron chi connectivity index (χ0n) is 16.4. The third-order valence-corrected chi connectivity index (χ3v) is 5.83. The molecular weight excluding hydrogens is 354 g/mol. The van der Waals surface area contributed by atoms with Crippen LogP contribution in [0.15, 0.2) is 42.7 Å². The van der Waals surface area contributed by atoms with Crippen molar-refractivity contribution in [1.82, 2.24) is 25.3 Å². The van der Waals surface area contributed by atoms with Crippen LogP contribution in [0.5, 0.6) is 0 Å². The molecule has 2 aliphatic heterocycles. The van der Waals surface area contributed by atoms with Crippen LogP contribution in [0.1, 0.15) is 37.0 Å². The summed E-state index contributed by atoms with van der Waals surface area (Å²) in [6.07, 6.45) is 4.82. The van der Waals surface area contributed by atoms with Gasteiger partial charge in [-0.2, -0.15) is 5.10 Å². The first kappa shape index (κ1) is 18.7. The van der Waals surface area contributed by atoms with Gasteiger partial charge in [0.05, 0.1) is 5.69 Å². The van der Waals surface area contributed by atoms with E-state index in [1.165, 1.54) is 0 Å². The summed E-state index contributed by atoms with van der Waals surface area (Å²) < 4.78 is 1.74. The Hall–Kier alpha value is -2.67. The summed E-state index contributed by atoms with van der Waals surface area (Å²) in [5.41, 5.74) is 0.959. The molecule has 7 heteroatoms. The minimum absolute atomic E-state index is 0.00165. The van der Waals surface area contributed by atoms with E-state index in [9.17, 15) is 9.59 Å². The minimum atomic E-state index is -0.568. The summed E-state index contributed by atoms with van der Waals surface area (Å²) in [4.78, 5) is 27.6. The largest absolute Gasteiger partial charge is 0.354 e. The normalized spacial score (nSPS) is 21.2. The molecule has 2 N–H and O–H groups in total. The van der Waals surface area contributed by atoms with Crippen LogP contribution in [0.25, 0.3) is 5.69 Å². The first-order chi connectivity index (χ1) is 13.4. The van der Waals surface area contributed by atoms with Crippen LogP contribution < -0.4 is 10.6 Å². The maximum Gasteiger partial charge on any atom is 0.253 e. The van der Waals surface area contributed by atoms with Gasteiger partial charge in [-0.1, -0.05) is 19.9 Å². The van der Waals surface area contributed by atoms with Crippen molar-refractivity contribution < 1.29 is 9.59 Å². The Kier molecular flexibility index (Phi) is 4.71. The molecule has 0 atom stereocenters. The van der Waals surface area contributed by atoms with E-state index in [1.807, 2.05) is 41.4 Å². The fourth-order valence-electron chi connectivity index (χ4n) is 3.92. The number of amides is 2. The fraction of sp³-hybridized carbons (Fsp3) is 0.476. The zero-order chi connectivity index (χ0) is 19.8. The molecule has 2 fully saturated rings. The highest BCUT2D eigenvalue weighted by Crippen LogP contribution is 2.28. The second-order valence-electron chi connectivity index (χ2n) is 8.58. The summed E-state index contributed by atoms with van der Waals surface area (Å²) in [5, 5.41) is 10.8. The quantitative estimate of drug-likeness (QED) is 0.828. The van der Waals surface area contributed by atoms with Gasteiger partial charge in [0.25, 0.3) is 5.91 Å². The maximum atomic E-state index is 13.0. The van der Waals surface area contributed by atoms with Gasteiger partial charge in [-0.15, -0.1) is 0 Å². The molecule has 1 aromatic heterocycles. The Balaban J connectivity index is 1.46. The highest BCUT2D eigenvalue weighted by Gasteiger charge is 2.45. The van der Waals surface area contributed by atoms with Gasteiger partial charge in [0, 0.05) is 44.1 Å². The average molecular weight is 381 g/mol.